The predicted octanol–water partition coefficient (Wildman–Crippen LogP) is 4.34. The Labute approximate surface area is 359 Å². The number of carbonyl (C=O) groups excluding carboxylic acids is 4. The Balaban J connectivity index is 0.701. The second-order valence-electron chi connectivity index (χ2n) is 17.6. The van der Waals surface area contributed by atoms with Crippen molar-refractivity contribution in [2.24, 2.45) is 5.92 Å². The van der Waals surface area contributed by atoms with Crippen molar-refractivity contribution in [2.75, 3.05) is 61.3 Å². The van der Waals surface area contributed by atoms with Gasteiger partial charge in [-0.1, -0.05) is 12.1 Å². The summed E-state index contributed by atoms with van der Waals surface area (Å²) in [5, 5.41) is 28.2. The molecule has 10 rings (SSSR count). The van der Waals surface area contributed by atoms with Crippen molar-refractivity contribution < 1.29 is 33.1 Å². The number of hydrogen-bond donors (Lipinski definition) is 4. The van der Waals surface area contributed by atoms with Crippen LogP contribution >= 0.6 is 11.5 Å². The number of rotatable bonds is 11. The summed E-state index contributed by atoms with van der Waals surface area (Å²) >= 11 is 1.24. The zero-order valence-corrected chi connectivity index (χ0v) is 34.8. The Morgan fingerprint density at radius 3 is 2.53 bits per heavy atom. The maximum Gasteiger partial charge on any atom is 0.284 e. The molecule has 1 aromatic carbocycles. The van der Waals surface area contributed by atoms with E-state index >= 15 is 0 Å². The van der Waals surface area contributed by atoms with Crippen LogP contribution in [0.15, 0.2) is 42.9 Å². The second-order valence-corrected chi connectivity index (χ2v) is 18.4. The SMILES string of the molecule is O=C1CCC(c2nsc3c(NC(=O)CN4CCN(C[C@H]5CC[C@H](n6cc(NC(=O)c7cnn8ccc(N9CC%10(O)CC[C@@H]9C%10)nc78)c(C(F)F)n6)CC5)CC4)cccc23)C(=O)N1. The van der Waals surface area contributed by atoms with Crippen LogP contribution in [-0.4, -0.2) is 125 Å². The number of benzene rings is 1. The van der Waals surface area contributed by atoms with Crippen molar-refractivity contribution in [3.05, 3.63) is 59.8 Å². The minimum atomic E-state index is -2.88. The number of piperidine rings is 2. The van der Waals surface area contributed by atoms with E-state index in [2.05, 4.69) is 45.2 Å². The summed E-state index contributed by atoms with van der Waals surface area (Å²) in [6.07, 6.45) is 8.10. The number of halogens is 2. The number of imide groups is 1. The Morgan fingerprint density at radius 2 is 1.79 bits per heavy atom. The minimum Gasteiger partial charge on any atom is -0.388 e. The molecule has 5 fully saturated rings. The molecule has 3 aliphatic heterocycles. The van der Waals surface area contributed by atoms with Crippen LogP contribution in [0.4, 0.5) is 26.0 Å². The number of aromatic nitrogens is 6. The molecule has 62 heavy (non-hydrogen) atoms. The number of nitrogens with zero attached hydrogens (tertiary/aromatic N) is 9. The molecule has 17 nitrogen and oxygen atoms in total. The Hall–Kier alpha value is -5.44. The first kappa shape index (κ1) is 40.6. The lowest BCUT2D eigenvalue weighted by atomic mass is 9.85. The molecule has 3 atom stereocenters. The van der Waals surface area contributed by atoms with Crippen LogP contribution < -0.4 is 20.9 Å². The average Bonchev–Trinajstić information content (AvgIpc) is 4.10. The summed E-state index contributed by atoms with van der Waals surface area (Å²) in [5.74, 6) is -0.750. The molecule has 2 aliphatic carbocycles. The van der Waals surface area contributed by atoms with E-state index < -0.39 is 29.5 Å². The van der Waals surface area contributed by atoms with Crippen LogP contribution in [-0.2, 0) is 14.4 Å². The van der Waals surface area contributed by atoms with Crippen LogP contribution in [0, 0.1) is 5.92 Å². The smallest absolute Gasteiger partial charge is 0.284 e. The third-order valence-electron chi connectivity index (χ3n) is 13.5. The molecule has 0 radical (unpaired) electrons. The van der Waals surface area contributed by atoms with Gasteiger partial charge in [-0.2, -0.15) is 14.6 Å². The standard InChI is InChI=1S/C42H48F2N12O5S/c43-38(44)36-31(47-41(60)29-19-45-55-13-11-32(48-39(29)55)54-23-42(61)12-10-26(54)18-42)21-56(50-36)25-6-4-24(5-7-25)20-52-14-16-53(17-15-52)22-34(58)46-30-3-1-2-27-35(51-62-37(27)30)28-8-9-33(57)49-40(28)59/h1-3,11,13,19,21,24-26,28,38,61H,4-10,12,14-18,20,22-23H2,(H,46,58)(H,47,60)(H,49,57,59)/t24-,25-,26-,28?,42?/m1/s1. The highest BCUT2D eigenvalue weighted by Gasteiger charge is 2.49. The van der Waals surface area contributed by atoms with Crippen molar-refractivity contribution in [1.82, 2.24) is 43.9 Å². The van der Waals surface area contributed by atoms with Gasteiger partial charge >= 0.3 is 0 Å². The first-order chi connectivity index (χ1) is 30.0. The predicted molar refractivity (Wildman–Crippen MR) is 225 cm³/mol. The topological polar surface area (TPSA) is 195 Å². The summed E-state index contributed by atoms with van der Waals surface area (Å²) < 4.78 is 37.0. The quantitative estimate of drug-likeness (QED) is 0.138. The summed E-state index contributed by atoms with van der Waals surface area (Å²) in [6.45, 7) is 4.82. The highest BCUT2D eigenvalue weighted by atomic mass is 32.1. The molecule has 4 N–H and O–H groups in total. The van der Waals surface area contributed by atoms with Gasteiger partial charge in [0.25, 0.3) is 12.3 Å². The average molecular weight is 871 g/mol. The maximum atomic E-state index is 14.3. The van der Waals surface area contributed by atoms with Gasteiger partial charge in [-0.15, -0.1) is 0 Å². The van der Waals surface area contributed by atoms with Gasteiger partial charge in [0.05, 0.1) is 52.1 Å². The van der Waals surface area contributed by atoms with E-state index in [1.807, 2.05) is 18.2 Å². The molecule has 7 heterocycles. The molecule has 4 aromatic heterocycles. The third-order valence-corrected chi connectivity index (χ3v) is 14.4. The Morgan fingerprint density at radius 1 is 0.984 bits per heavy atom. The third kappa shape index (κ3) is 7.92. The molecule has 20 heteroatoms. The van der Waals surface area contributed by atoms with Crippen LogP contribution in [0.5, 0.6) is 0 Å². The Bertz CT molecular complexity index is 2550. The zero-order valence-electron chi connectivity index (χ0n) is 34.0. The lowest BCUT2D eigenvalue weighted by molar-refractivity contribution is -0.134. The molecule has 4 amide bonds. The van der Waals surface area contributed by atoms with E-state index in [-0.39, 0.29) is 54.0 Å². The molecule has 2 saturated carbocycles. The fraction of sp³-hybridized carbons (Fsp3) is 0.524. The molecular weight excluding hydrogens is 823 g/mol. The number of anilines is 3. The van der Waals surface area contributed by atoms with Crippen molar-refractivity contribution >= 4 is 68.1 Å². The van der Waals surface area contributed by atoms with Gasteiger partial charge in [-0.25, -0.2) is 18.3 Å². The Kier molecular flexibility index (Phi) is 10.7. The van der Waals surface area contributed by atoms with Gasteiger partial charge < -0.3 is 25.5 Å². The van der Waals surface area contributed by atoms with Crippen LogP contribution in [0.3, 0.4) is 0 Å². The summed E-state index contributed by atoms with van der Waals surface area (Å²) in [7, 11) is 0. The lowest BCUT2D eigenvalue weighted by Crippen LogP contribution is -2.49. The number of hydrogen-bond acceptors (Lipinski definition) is 13. The summed E-state index contributed by atoms with van der Waals surface area (Å²) in [6, 6.07) is 7.48. The highest BCUT2D eigenvalue weighted by molar-refractivity contribution is 7.14. The first-order valence-electron chi connectivity index (χ1n) is 21.5. The van der Waals surface area contributed by atoms with Crippen molar-refractivity contribution in [1.29, 1.82) is 0 Å². The number of β-amino-alcohol motifs (C(OH)–C–C–N with tert-alkyl or cyclic N) is 1. The normalized spacial score (nSPS) is 25.9. The summed E-state index contributed by atoms with van der Waals surface area (Å²) in [4.78, 5) is 62.3. The van der Waals surface area contributed by atoms with E-state index in [4.69, 9.17) is 4.98 Å². The number of aliphatic hydroxyl groups is 1. The van der Waals surface area contributed by atoms with Gasteiger partial charge in [0, 0.05) is 69.5 Å². The zero-order chi connectivity index (χ0) is 42.7. The minimum absolute atomic E-state index is 0.0345. The number of amides is 4. The van der Waals surface area contributed by atoms with Gasteiger partial charge in [-0.3, -0.25) is 34.1 Å². The fourth-order valence-corrected chi connectivity index (χ4v) is 11.1. The largest absolute Gasteiger partial charge is 0.388 e. The number of alkyl halides is 2. The van der Waals surface area contributed by atoms with E-state index in [0.29, 0.717) is 48.2 Å². The maximum absolute atomic E-state index is 14.3. The van der Waals surface area contributed by atoms with Gasteiger partial charge in [-0.05, 0) is 80.9 Å². The molecule has 5 aromatic rings. The van der Waals surface area contributed by atoms with E-state index in [0.717, 1.165) is 81.3 Å². The first-order valence-corrected chi connectivity index (χ1v) is 22.2. The van der Waals surface area contributed by atoms with Crippen LogP contribution in [0.25, 0.3) is 15.7 Å². The number of fused-ring (bicyclic) bond motifs is 4. The van der Waals surface area contributed by atoms with Gasteiger partial charge in [0.1, 0.15) is 11.4 Å². The molecule has 0 spiro atoms. The van der Waals surface area contributed by atoms with E-state index in [9.17, 15) is 33.1 Å². The van der Waals surface area contributed by atoms with E-state index in [1.165, 1.54) is 28.4 Å². The van der Waals surface area contributed by atoms with Crippen LogP contribution in [0.1, 0.15) is 97.9 Å². The van der Waals surface area contributed by atoms with Crippen molar-refractivity contribution in [3.8, 4) is 0 Å². The molecular formula is C42H48F2N12O5S. The van der Waals surface area contributed by atoms with Crippen molar-refractivity contribution in [3.63, 3.8) is 0 Å². The monoisotopic (exact) mass is 870 g/mol. The fourth-order valence-electron chi connectivity index (χ4n) is 10.2. The lowest BCUT2D eigenvalue weighted by Gasteiger charge is -2.38. The van der Waals surface area contributed by atoms with Gasteiger partial charge in [0.2, 0.25) is 17.7 Å². The van der Waals surface area contributed by atoms with Crippen LogP contribution in [0.2, 0.25) is 0 Å². The number of nitrogens with one attached hydrogen (secondary N) is 3. The van der Waals surface area contributed by atoms with E-state index in [1.54, 1.807) is 16.9 Å². The molecule has 2 unspecified atom stereocenters. The van der Waals surface area contributed by atoms with Crippen molar-refractivity contribution in [2.45, 2.75) is 87.8 Å². The van der Waals surface area contributed by atoms with Gasteiger partial charge in [0.15, 0.2) is 11.3 Å². The summed E-state index contributed by atoms with van der Waals surface area (Å²) in [5.41, 5.74) is 0.513. The second kappa shape index (κ2) is 16.4. The molecule has 326 valence electrons. The number of piperazine rings is 1. The molecule has 5 aliphatic rings. The molecule has 2 bridgehead atoms. The molecule has 3 saturated heterocycles. The highest BCUT2D eigenvalue weighted by Crippen LogP contribution is 2.43. The number of carbonyl (C=O) groups is 4.